The maximum absolute atomic E-state index is 5.78. The summed E-state index contributed by atoms with van der Waals surface area (Å²) in [5.41, 5.74) is 2.15. The Hall–Kier alpha value is -2.22. The number of aromatic nitrogens is 2. The minimum Gasteiger partial charge on any atom is -0.492 e. The molecule has 0 unspecified atom stereocenters. The molecule has 0 bridgehead atoms. The number of thiophene rings is 1. The van der Waals surface area contributed by atoms with Gasteiger partial charge in [-0.3, -0.25) is 4.90 Å². The fourth-order valence-corrected chi connectivity index (χ4v) is 4.44. The lowest BCUT2D eigenvalue weighted by molar-refractivity contribution is 0.0331. The maximum Gasteiger partial charge on any atom is 0.146 e. The molecular formula is C21H26N4O2S. The van der Waals surface area contributed by atoms with Crippen LogP contribution in [-0.2, 0) is 11.3 Å². The monoisotopic (exact) mass is 398 g/mol. The van der Waals surface area contributed by atoms with E-state index in [-0.39, 0.29) is 0 Å². The zero-order chi connectivity index (χ0) is 19.5. The number of hydrogen-bond acceptors (Lipinski definition) is 7. The normalized spacial score (nSPS) is 15.1. The van der Waals surface area contributed by atoms with E-state index in [9.17, 15) is 0 Å². The van der Waals surface area contributed by atoms with Crippen molar-refractivity contribution in [3.05, 3.63) is 40.5 Å². The number of hydrogen-bond donors (Lipinski definition) is 1. The molecule has 0 aliphatic carbocycles. The van der Waals surface area contributed by atoms with E-state index >= 15 is 0 Å². The number of nitrogens with zero attached hydrogens (tertiary/aromatic N) is 3. The van der Waals surface area contributed by atoms with E-state index in [1.165, 1.54) is 10.4 Å². The van der Waals surface area contributed by atoms with Crippen LogP contribution in [0.25, 0.3) is 10.2 Å². The van der Waals surface area contributed by atoms with Gasteiger partial charge in [0.15, 0.2) is 0 Å². The van der Waals surface area contributed by atoms with Crippen LogP contribution in [0.2, 0.25) is 0 Å². The van der Waals surface area contributed by atoms with Crippen molar-refractivity contribution in [2.75, 3.05) is 38.2 Å². The van der Waals surface area contributed by atoms with E-state index in [0.717, 1.165) is 66.1 Å². The molecule has 0 saturated carbocycles. The fourth-order valence-electron chi connectivity index (χ4n) is 3.39. The zero-order valence-electron chi connectivity index (χ0n) is 16.6. The SMILES string of the molecule is CCOc1ccccc1Nc1nc(CN2CCOCC2)nc2sc(C)c(C)c12. The van der Waals surface area contributed by atoms with Crippen molar-refractivity contribution in [3.8, 4) is 5.75 Å². The first kappa shape index (κ1) is 19.1. The van der Waals surface area contributed by atoms with Crippen molar-refractivity contribution >= 4 is 33.1 Å². The van der Waals surface area contributed by atoms with Crippen molar-refractivity contribution in [1.82, 2.24) is 14.9 Å². The topological polar surface area (TPSA) is 59.5 Å². The van der Waals surface area contributed by atoms with Gasteiger partial charge in [-0.25, -0.2) is 9.97 Å². The Kier molecular flexibility index (Phi) is 5.75. The van der Waals surface area contributed by atoms with Crippen molar-refractivity contribution in [1.29, 1.82) is 0 Å². The second-order valence-electron chi connectivity index (χ2n) is 6.89. The average Bonchev–Trinajstić information content (AvgIpc) is 2.98. The molecule has 1 fully saturated rings. The molecular weight excluding hydrogens is 372 g/mol. The molecule has 1 aliphatic rings. The van der Waals surface area contributed by atoms with E-state index in [2.05, 4.69) is 24.1 Å². The summed E-state index contributed by atoms with van der Waals surface area (Å²) in [6.07, 6.45) is 0. The van der Waals surface area contributed by atoms with E-state index in [0.29, 0.717) is 6.61 Å². The van der Waals surface area contributed by atoms with Crippen LogP contribution < -0.4 is 10.1 Å². The molecule has 0 atom stereocenters. The Balaban J connectivity index is 1.73. The van der Waals surface area contributed by atoms with Gasteiger partial charge < -0.3 is 14.8 Å². The molecule has 2 aromatic heterocycles. The van der Waals surface area contributed by atoms with E-state index < -0.39 is 0 Å². The van der Waals surface area contributed by atoms with E-state index in [1.54, 1.807) is 11.3 Å². The lowest BCUT2D eigenvalue weighted by Crippen LogP contribution is -2.36. The van der Waals surface area contributed by atoms with Crippen LogP contribution in [-0.4, -0.2) is 47.8 Å². The second-order valence-corrected chi connectivity index (χ2v) is 8.10. The van der Waals surface area contributed by atoms with Crippen LogP contribution in [0.1, 0.15) is 23.2 Å². The lowest BCUT2D eigenvalue weighted by atomic mass is 10.2. The molecule has 0 radical (unpaired) electrons. The number of ether oxygens (including phenoxy) is 2. The van der Waals surface area contributed by atoms with Crippen LogP contribution in [0.15, 0.2) is 24.3 Å². The summed E-state index contributed by atoms with van der Waals surface area (Å²) in [4.78, 5) is 14.4. The van der Waals surface area contributed by atoms with Crippen molar-refractivity contribution < 1.29 is 9.47 Å². The molecule has 3 aromatic rings. The molecule has 148 valence electrons. The van der Waals surface area contributed by atoms with Gasteiger partial charge in [0.05, 0.1) is 37.4 Å². The molecule has 1 aromatic carbocycles. The third-order valence-electron chi connectivity index (χ3n) is 4.98. The number of aryl methyl sites for hydroxylation is 2. The molecule has 1 aliphatic heterocycles. The summed E-state index contributed by atoms with van der Waals surface area (Å²) in [7, 11) is 0. The molecule has 7 heteroatoms. The standard InChI is InChI=1S/C21H26N4O2S/c1-4-27-17-8-6-5-7-16(17)22-20-19-14(2)15(3)28-21(19)24-18(23-20)13-25-9-11-26-12-10-25/h5-8H,4,9-13H2,1-3H3,(H,22,23,24). The summed E-state index contributed by atoms with van der Waals surface area (Å²) in [6, 6.07) is 7.99. The highest BCUT2D eigenvalue weighted by molar-refractivity contribution is 7.18. The van der Waals surface area contributed by atoms with Gasteiger partial charge in [0.2, 0.25) is 0 Å². The molecule has 0 spiro atoms. The van der Waals surface area contributed by atoms with Gasteiger partial charge in [0, 0.05) is 18.0 Å². The minimum atomic E-state index is 0.622. The smallest absolute Gasteiger partial charge is 0.146 e. The van der Waals surface area contributed by atoms with Crippen LogP contribution in [0.4, 0.5) is 11.5 Å². The molecule has 1 N–H and O–H groups in total. The molecule has 28 heavy (non-hydrogen) atoms. The summed E-state index contributed by atoms with van der Waals surface area (Å²) in [6.45, 7) is 11.0. The lowest BCUT2D eigenvalue weighted by Gasteiger charge is -2.25. The number of benzene rings is 1. The number of nitrogens with one attached hydrogen (secondary N) is 1. The molecule has 0 amide bonds. The number of rotatable bonds is 6. The second kappa shape index (κ2) is 8.43. The highest BCUT2D eigenvalue weighted by atomic mass is 32.1. The first-order chi connectivity index (χ1) is 13.7. The summed E-state index contributed by atoms with van der Waals surface area (Å²) in [5, 5.41) is 4.62. The first-order valence-electron chi connectivity index (χ1n) is 9.71. The fraction of sp³-hybridized carbons (Fsp3) is 0.429. The first-order valence-corrected chi connectivity index (χ1v) is 10.5. The van der Waals surface area contributed by atoms with E-state index in [1.807, 2.05) is 31.2 Å². The van der Waals surface area contributed by atoms with Gasteiger partial charge in [-0.1, -0.05) is 12.1 Å². The average molecular weight is 399 g/mol. The number of anilines is 2. The van der Waals surface area contributed by atoms with Gasteiger partial charge in [-0.2, -0.15) is 0 Å². The molecule has 4 rings (SSSR count). The van der Waals surface area contributed by atoms with Gasteiger partial charge in [0.1, 0.15) is 22.2 Å². The van der Waals surface area contributed by atoms with E-state index in [4.69, 9.17) is 19.4 Å². The predicted molar refractivity (Wildman–Crippen MR) is 114 cm³/mol. The van der Waals surface area contributed by atoms with Crippen LogP contribution in [0.3, 0.4) is 0 Å². The zero-order valence-corrected chi connectivity index (χ0v) is 17.4. The molecule has 1 saturated heterocycles. The maximum atomic E-state index is 5.78. The van der Waals surface area contributed by atoms with Gasteiger partial charge in [0.25, 0.3) is 0 Å². The highest BCUT2D eigenvalue weighted by Crippen LogP contribution is 2.36. The van der Waals surface area contributed by atoms with Gasteiger partial charge in [-0.05, 0) is 38.5 Å². The largest absolute Gasteiger partial charge is 0.492 e. The van der Waals surface area contributed by atoms with Gasteiger partial charge >= 0.3 is 0 Å². The Morgan fingerprint density at radius 3 is 2.75 bits per heavy atom. The van der Waals surface area contributed by atoms with Crippen LogP contribution in [0, 0.1) is 13.8 Å². The van der Waals surface area contributed by atoms with Crippen LogP contribution >= 0.6 is 11.3 Å². The van der Waals surface area contributed by atoms with Crippen molar-refractivity contribution in [2.45, 2.75) is 27.3 Å². The quantitative estimate of drug-likeness (QED) is 0.669. The third-order valence-corrected chi connectivity index (χ3v) is 6.08. The number of para-hydroxylation sites is 2. The number of morpholine rings is 1. The Labute approximate surface area is 169 Å². The summed E-state index contributed by atoms with van der Waals surface area (Å²) >= 11 is 1.73. The Morgan fingerprint density at radius 1 is 1.18 bits per heavy atom. The summed E-state index contributed by atoms with van der Waals surface area (Å²) in [5.74, 6) is 2.52. The van der Waals surface area contributed by atoms with Gasteiger partial charge in [-0.15, -0.1) is 11.3 Å². The predicted octanol–water partition coefficient (Wildman–Crippen LogP) is 4.28. The van der Waals surface area contributed by atoms with Crippen molar-refractivity contribution in [2.24, 2.45) is 0 Å². The number of fused-ring (bicyclic) bond motifs is 1. The summed E-state index contributed by atoms with van der Waals surface area (Å²) < 4.78 is 11.2. The molecule has 3 heterocycles. The highest BCUT2D eigenvalue weighted by Gasteiger charge is 2.18. The van der Waals surface area contributed by atoms with Crippen molar-refractivity contribution in [3.63, 3.8) is 0 Å². The molecule has 6 nitrogen and oxygen atoms in total. The third kappa shape index (κ3) is 3.97. The van der Waals surface area contributed by atoms with Crippen LogP contribution in [0.5, 0.6) is 5.75 Å². The Bertz CT molecular complexity index is 966. The minimum absolute atomic E-state index is 0.622. The Morgan fingerprint density at radius 2 is 1.96 bits per heavy atom.